The largest absolute Gasteiger partial charge is 0.452 e. The quantitative estimate of drug-likeness (QED) is 0.530. The zero-order valence-corrected chi connectivity index (χ0v) is 18.0. The van der Waals surface area contributed by atoms with Gasteiger partial charge in [-0.3, -0.25) is 9.78 Å². The second kappa shape index (κ2) is 9.86. The van der Waals surface area contributed by atoms with Crippen LogP contribution in [-0.4, -0.2) is 30.0 Å². The highest BCUT2D eigenvalue weighted by atomic mass is 16.5. The fourth-order valence-corrected chi connectivity index (χ4v) is 3.53. The molecule has 0 N–H and O–H groups in total. The summed E-state index contributed by atoms with van der Waals surface area (Å²) in [5, 5.41) is 9.66. The van der Waals surface area contributed by atoms with Gasteiger partial charge in [-0.1, -0.05) is 42.8 Å². The number of rotatable bonds is 7. The number of carbonyl (C=O) groups excluding carboxylic acids is 2. The van der Waals surface area contributed by atoms with E-state index in [4.69, 9.17) is 10.00 Å². The Labute approximate surface area is 182 Å². The first-order chi connectivity index (χ1) is 15.0. The molecule has 1 amide bonds. The number of fused-ring (bicyclic) bond motifs is 1. The molecule has 0 saturated carbocycles. The van der Waals surface area contributed by atoms with Gasteiger partial charge in [0.25, 0.3) is 5.91 Å². The first-order valence-corrected chi connectivity index (χ1v) is 10.3. The van der Waals surface area contributed by atoms with E-state index in [1.54, 1.807) is 0 Å². The van der Waals surface area contributed by atoms with E-state index in [-0.39, 0.29) is 18.9 Å². The number of esters is 1. The average Bonchev–Trinajstić information content (AvgIpc) is 2.78. The number of hydrogen-bond acceptors (Lipinski definition) is 5. The Balaban J connectivity index is 1.83. The third-order valence-corrected chi connectivity index (χ3v) is 5.20. The standard InChI is InChI=1S/C25H25N3O3/c1-4-21-18(3)24(20-8-5-6-9-22(20)27-21)25(30)31-16-23(29)28(15-7-14-26)19-12-10-17(2)11-13-19/h5-6,8-13H,4,7,15-16H2,1-3H3. The van der Waals surface area contributed by atoms with Gasteiger partial charge in [-0.15, -0.1) is 0 Å². The van der Waals surface area contributed by atoms with Gasteiger partial charge in [-0.25, -0.2) is 4.79 Å². The molecule has 6 heteroatoms. The molecular formula is C25H25N3O3. The molecule has 0 atom stereocenters. The van der Waals surface area contributed by atoms with Crippen LogP contribution < -0.4 is 4.90 Å². The van der Waals surface area contributed by atoms with Crippen molar-refractivity contribution in [3.63, 3.8) is 0 Å². The highest BCUT2D eigenvalue weighted by Gasteiger charge is 2.22. The number of hydrogen-bond donors (Lipinski definition) is 0. The highest BCUT2D eigenvalue weighted by Crippen LogP contribution is 2.24. The predicted molar refractivity (Wildman–Crippen MR) is 120 cm³/mol. The van der Waals surface area contributed by atoms with Gasteiger partial charge < -0.3 is 9.64 Å². The van der Waals surface area contributed by atoms with Gasteiger partial charge in [0.2, 0.25) is 0 Å². The molecule has 1 aromatic heterocycles. The van der Waals surface area contributed by atoms with Crippen LogP contribution in [0.5, 0.6) is 0 Å². The van der Waals surface area contributed by atoms with Crippen LogP contribution in [0.3, 0.4) is 0 Å². The second-order valence-corrected chi connectivity index (χ2v) is 7.29. The molecule has 6 nitrogen and oxygen atoms in total. The summed E-state index contributed by atoms with van der Waals surface area (Å²) in [5.41, 5.74) is 4.48. The lowest BCUT2D eigenvalue weighted by Crippen LogP contribution is -2.35. The number of nitrogens with zero attached hydrogens (tertiary/aromatic N) is 3. The Hall–Kier alpha value is -3.72. The normalized spacial score (nSPS) is 10.5. The molecule has 3 aromatic rings. The minimum Gasteiger partial charge on any atom is -0.452 e. The molecule has 0 aliphatic heterocycles. The maximum absolute atomic E-state index is 13.0. The molecule has 158 valence electrons. The van der Waals surface area contributed by atoms with Crippen molar-refractivity contribution in [2.75, 3.05) is 18.1 Å². The Kier molecular flexibility index (Phi) is 6.99. The molecule has 0 radical (unpaired) electrons. The zero-order chi connectivity index (χ0) is 22.4. The predicted octanol–water partition coefficient (Wildman–Crippen LogP) is 4.52. The Morgan fingerprint density at radius 3 is 2.48 bits per heavy atom. The summed E-state index contributed by atoms with van der Waals surface area (Å²) in [7, 11) is 0. The number of aryl methyl sites for hydroxylation is 2. The monoisotopic (exact) mass is 415 g/mol. The molecule has 0 unspecified atom stereocenters. The zero-order valence-electron chi connectivity index (χ0n) is 18.0. The van der Waals surface area contributed by atoms with Gasteiger partial charge in [0.05, 0.1) is 23.6 Å². The second-order valence-electron chi connectivity index (χ2n) is 7.29. The number of aromatic nitrogens is 1. The minimum atomic E-state index is -0.553. The molecule has 0 bridgehead atoms. The minimum absolute atomic E-state index is 0.182. The number of pyridine rings is 1. The van der Waals surface area contributed by atoms with Crippen molar-refractivity contribution in [2.24, 2.45) is 0 Å². The number of carbonyl (C=O) groups is 2. The van der Waals surface area contributed by atoms with E-state index in [9.17, 15) is 9.59 Å². The van der Waals surface area contributed by atoms with Crippen LogP contribution in [-0.2, 0) is 16.0 Å². The number of anilines is 1. The number of amides is 1. The van der Waals surface area contributed by atoms with Gasteiger partial charge in [-0.05, 0) is 44.0 Å². The van der Waals surface area contributed by atoms with Crippen LogP contribution in [0.15, 0.2) is 48.5 Å². The van der Waals surface area contributed by atoms with Crippen LogP contribution in [0.25, 0.3) is 10.9 Å². The molecule has 2 aromatic carbocycles. The fraction of sp³-hybridized carbons (Fsp3) is 0.280. The van der Waals surface area contributed by atoms with Crippen molar-refractivity contribution in [2.45, 2.75) is 33.6 Å². The van der Waals surface area contributed by atoms with Crippen molar-refractivity contribution in [1.29, 1.82) is 5.26 Å². The molecular weight excluding hydrogens is 390 g/mol. The molecule has 0 saturated heterocycles. The molecule has 0 spiro atoms. The van der Waals surface area contributed by atoms with Crippen molar-refractivity contribution in [3.05, 3.63) is 70.9 Å². The summed E-state index contributed by atoms with van der Waals surface area (Å²) in [6.07, 6.45) is 0.868. The van der Waals surface area contributed by atoms with Crippen molar-refractivity contribution < 1.29 is 14.3 Å². The number of nitriles is 1. The highest BCUT2D eigenvalue weighted by molar-refractivity contribution is 6.06. The van der Waals surface area contributed by atoms with Gasteiger partial charge in [0, 0.05) is 23.3 Å². The summed E-state index contributed by atoms with van der Waals surface area (Å²) in [6, 6.07) is 16.9. The lowest BCUT2D eigenvalue weighted by molar-refractivity contribution is -0.121. The van der Waals surface area contributed by atoms with E-state index in [0.29, 0.717) is 23.1 Å². The number of ether oxygens (including phenoxy) is 1. The van der Waals surface area contributed by atoms with E-state index >= 15 is 0 Å². The van der Waals surface area contributed by atoms with Gasteiger partial charge in [-0.2, -0.15) is 5.26 Å². The first kappa shape index (κ1) is 22.0. The van der Waals surface area contributed by atoms with E-state index in [1.807, 2.05) is 69.3 Å². The van der Waals surface area contributed by atoms with E-state index in [1.165, 1.54) is 4.90 Å². The van der Waals surface area contributed by atoms with E-state index < -0.39 is 12.6 Å². The molecule has 31 heavy (non-hydrogen) atoms. The lowest BCUT2D eigenvalue weighted by Gasteiger charge is -2.22. The number of para-hydroxylation sites is 1. The third-order valence-electron chi connectivity index (χ3n) is 5.20. The molecule has 1 heterocycles. The summed E-state index contributed by atoms with van der Waals surface area (Å²) >= 11 is 0. The maximum Gasteiger partial charge on any atom is 0.339 e. The Morgan fingerprint density at radius 2 is 1.81 bits per heavy atom. The van der Waals surface area contributed by atoms with Crippen molar-refractivity contribution >= 4 is 28.5 Å². The first-order valence-electron chi connectivity index (χ1n) is 10.3. The Bertz CT molecular complexity index is 1150. The molecule has 3 rings (SSSR count). The van der Waals surface area contributed by atoms with Crippen LogP contribution in [0.4, 0.5) is 5.69 Å². The smallest absolute Gasteiger partial charge is 0.339 e. The summed E-state index contributed by atoms with van der Waals surface area (Å²) in [4.78, 5) is 32.0. The number of benzene rings is 2. The van der Waals surface area contributed by atoms with E-state index in [0.717, 1.165) is 22.3 Å². The van der Waals surface area contributed by atoms with Crippen LogP contribution >= 0.6 is 0 Å². The van der Waals surface area contributed by atoms with Gasteiger partial charge >= 0.3 is 5.97 Å². The van der Waals surface area contributed by atoms with Crippen LogP contribution in [0, 0.1) is 25.2 Å². The van der Waals surface area contributed by atoms with Crippen LogP contribution in [0.2, 0.25) is 0 Å². The molecule has 0 aliphatic rings. The third kappa shape index (κ3) is 4.89. The maximum atomic E-state index is 13.0. The summed E-state index contributed by atoms with van der Waals surface area (Å²) < 4.78 is 5.44. The molecule has 0 aliphatic carbocycles. The van der Waals surface area contributed by atoms with Crippen molar-refractivity contribution in [1.82, 2.24) is 4.98 Å². The van der Waals surface area contributed by atoms with Gasteiger partial charge in [0.15, 0.2) is 6.61 Å². The van der Waals surface area contributed by atoms with Crippen molar-refractivity contribution in [3.8, 4) is 6.07 Å². The summed E-state index contributed by atoms with van der Waals surface area (Å²) in [5.74, 6) is -0.928. The SMILES string of the molecule is CCc1nc2ccccc2c(C(=O)OCC(=O)N(CCC#N)c2ccc(C)cc2)c1C. The Morgan fingerprint density at radius 1 is 1.10 bits per heavy atom. The fourth-order valence-electron chi connectivity index (χ4n) is 3.53. The van der Waals surface area contributed by atoms with E-state index in [2.05, 4.69) is 11.1 Å². The van der Waals surface area contributed by atoms with Crippen LogP contribution in [0.1, 0.15) is 40.5 Å². The average molecular weight is 415 g/mol. The molecule has 0 fully saturated rings. The van der Waals surface area contributed by atoms with Gasteiger partial charge in [0.1, 0.15) is 0 Å². The summed E-state index contributed by atoms with van der Waals surface area (Å²) in [6.45, 7) is 5.61. The lowest BCUT2D eigenvalue weighted by atomic mass is 10.0. The topological polar surface area (TPSA) is 83.3 Å².